The molecule has 1 saturated heterocycles. The summed E-state index contributed by atoms with van der Waals surface area (Å²) in [6, 6.07) is 4.06. The summed E-state index contributed by atoms with van der Waals surface area (Å²) >= 11 is 0. The zero-order valence-corrected chi connectivity index (χ0v) is 22.7. The first-order chi connectivity index (χ1) is 17.9. The van der Waals surface area contributed by atoms with Crippen molar-refractivity contribution in [2.24, 2.45) is 17.1 Å². The Hall–Kier alpha value is -3.41. The molecule has 2 aliphatic rings. The molecular weight excluding hydrogens is 515 g/mol. The molecule has 0 radical (unpaired) electrons. The van der Waals surface area contributed by atoms with Gasteiger partial charge in [0.25, 0.3) is 5.91 Å². The van der Waals surface area contributed by atoms with Crippen LogP contribution in [0, 0.1) is 11.3 Å². The smallest absolute Gasteiger partial charge is 0.435 e. The standard InChI is InChI=1S/C27H34F3N5O4/c1-25(2,3)39-24(38)14-8-15(13-32-12-14)33-18-9-16(6-7-17(18)23(31)37)35-19-10-26(4,5)11-20(36)21(19)22(34-35)27(28,29)30/h6-7,9,14-15,32-33H,8,10-13H2,1-5H3,(H2,31,37). The van der Waals surface area contributed by atoms with E-state index in [1.165, 1.54) is 18.2 Å². The molecule has 1 aliphatic carbocycles. The Kier molecular flexibility index (Phi) is 7.30. The number of amides is 1. The Morgan fingerprint density at radius 1 is 1.18 bits per heavy atom. The zero-order chi connectivity index (χ0) is 28.9. The van der Waals surface area contributed by atoms with Crippen molar-refractivity contribution >= 4 is 23.3 Å². The van der Waals surface area contributed by atoms with Crippen LogP contribution in [0.25, 0.3) is 5.69 Å². The molecule has 1 fully saturated rings. The first kappa shape index (κ1) is 28.6. The number of anilines is 1. The quantitative estimate of drug-likeness (QED) is 0.483. The van der Waals surface area contributed by atoms with E-state index in [9.17, 15) is 27.6 Å². The van der Waals surface area contributed by atoms with Gasteiger partial charge in [-0.2, -0.15) is 18.3 Å². The minimum Gasteiger partial charge on any atom is -0.460 e. The van der Waals surface area contributed by atoms with E-state index in [-0.39, 0.29) is 47.5 Å². The van der Waals surface area contributed by atoms with Gasteiger partial charge < -0.3 is 21.1 Å². The van der Waals surface area contributed by atoms with E-state index in [1.807, 2.05) is 13.8 Å². The number of nitrogens with one attached hydrogen (secondary N) is 2. The Bertz CT molecular complexity index is 1310. The molecule has 2 atom stereocenters. The van der Waals surface area contributed by atoms with Gasteiger partial charge in [-0.3, -0.25) is 14.4 Å². The van der Waals surface area contributed by atoms with Crippen molar-refractivity contribution in [2.45, 2.75) is 71.7 Å². The van der Waals surface area contributed by atoms with E-state index in [1.54, 1.807) is 20.8 Å². The van der Waals surface area contributed by atoms with Crippen LogP contribution in [-0.4, -0.2) is 52.2 Å². The van der Waals surface area contributed by atoms with Crippen LogP contribution in [0.2, 0.25) is 0 Å². The number of carbonyl (C=O) groups excluding carboxylic acids is 3. The van der Waals surface area contributed by atoms with E-state index in [0.29, 0.717) is 19.5 Å². The lowest BCUT2D eigenvalue weighted by Gasteiger charge is -2.32. The summed E-state index contributed by atoms with van der Waals surface area (Å²) in [7, 11) is 0. The number of ether oxygens (including phenoxy) is 1. The average Bonchev–Trinajstić information content (AvgIpc) is 3.17. The zero-order valence-electron chi connectivity index (χ0n) is 22.7. The van der Waals surface area contributed by atoms with E-state index >= 15 is 0 Å². The van der Waals surface area contributed by atoms with Gasteiger partial charge >= 0.3 is 12.1 Å². The lowest BCUT2D eigenvalue weighted by Crippen LogP contribution is -2.47. The molecule has 9 nitrogen and oxygen atoms in total. The van der Waals surface area contributed by atoms with Crippen molar-refractivity contribution in [1.29, 1.82) is 0 Å². The van der Waals surface area contributed by atoms with Crippen LogP contribution in [0.5, 0.6) is 0 Å². The van der Waals surface area contributed by atoms with Crippen LogP contribution >= 0.6 is 0 Å². The van der Waals surface area contributed by atoms with Crippen LogP contribution in [0.1, 0.15) is 79.6 Å². The molecule has 0 bridgehead atoms. The summed E-state index contributed by atoms with van der Waals surface area (Å²) < 4.78 is 48.3. The molecule has 1 aromatic carbocycles. The number of alkyl halides is 3. The fourth-order valence-corrected chi connectivity index (χ4v) is 5.19. The number of nitrogens with two attached hydrogens (primary N) is 1. The second kappa shape index (κ2) is 9.96. The lowest BCUT2D eigenvalue weighted by molar-refractivity contribution is -0.160. The molecule has 12 heteroatoms. The van der Waals surface area contributed by atoms with Gasteiger partial charge in [0.15, 0.2) is 11.5 Å². The third-order valence-electron chi connectivity index (χ3n) is 6.78. The van der Waals surface area contributed by atoms with Crippen molar-refractivity contribution in [3.8, 4) is 5.69 Å². The summed E-state index contributed by atoms with van der Waals surface area (Å²) in [5.74, 6) is -2.11. The number of primary amides is 1. The molecule has 0 saturated carbocycles. The Morgan fingerprint density at radius 3 is 2.49 bits per heavy atom. The van der Waals surface area contributed by atoms with Gasteiger partial charge in [0.1, 0.15) is 5.60 Å². The Balaban J connectivity index is 1.71. The fraction of sp³-hybridized carbons (Fsp3) is 0.556. The van der Waals surface area contributed by atoms with Crippen molar-refractivity contribution < 1.29 is 32.3 Å². The highest BCUT2D eigenvalue weighted by molar-refractivity contribution is 6.00. The van der Waals surface area contributed by atoms with Gasteiger partial charge in [0, 0.05) is 31.2 Å². The van der Waals surface area contributed by atoms with Gasteiger partial charge in [0.2, 0.25) is 0 Å². The van der Waals surface area contributed by atoms with Crippen molar-refractivity contribution in [3.05, 3.63) is 40.7 Å². The number of aromatic nitrogens is 2. The number of esters is 1. The van der Waals surface area contributed by atoms with Gasteiger partial charge in [-0.15, -0.1) is 0 Å². The van der Waals surface area contributed by atoms with Crippen LogP contribution < -0.4 is 16.4 Å². The fourth-order valence-electron chi connectivity index (χ4n) is 5.19. The topological polar surface area (TPSA) is 128 Å². The molecule has 1 amide bonds. The molecule has 212 valence electrons. The number of ketones is 1. The predicted octanol–water partition coefficient (Wildman–Crippen LogP) is 3.88. The molecule has 2 heterocycles. The minimum atomic E-state index is -4.81. The Labute approximate surface area is 224 Å². The average molecular weight is 550 g/mol. The number of halogens is 3. The van der Waals surface area contributed by atoms with Crippen LogP contribution in [0.15, 0.2) is 18.2 Å². The number of rotatable bonds is 5. The molecule has 1 aliphatic heterocycles. The first-order valence-electron chi connectivity index (χ1n) is 12.8. The molecule has 2 unspecified atom stereocenters. The number of nitrogens with zero attached hydrogens (tertiary/aromatic N) is 2. The molecular formula is C27H34F3N5O4. The highest BCUT2D eigenvalue weighted by Gasteiger charge is 2.45. The lowest BCUT2D eigenvalue weighted by atomic mass is 9.75. The van der Waals surface area contributed by atoms with E-state index in [0.717, 1.165) is 4.68 Å². The minimum absolute atomic E-state index is 0.0182. The van der Waals surface area contributed by atoms with Gasteiger partial charge in [-0.05, 0) is 57.2 Å². The third kappa shape index (κ3) is 6.26. The van der Waals surface area contributed by atoms with Crippen molar-refractivity contribution in [1.82, 2.24) is 15.1 Å². The number of Topliss-reactive ketones (excluding diaryl/α,β-unsaturated/α-hetero) is 1. The number of fused-ring (bicyclic) bond motifs is 1. The second-order valence-corrected chi connectivity index (χ2v) is 12.1. The highest BCUT2D eigenvalue weighted by Crippen LogP contribution is 2.42. The van der Waals surface area contributed by atoms with Crippen LogP contribution in [-0.2, 0) is 22.1 Å². The summed E-state index contributed by atoms with van der Waals surface area (Å²) in [5.41, 5.74) is 3.61. The number of benzene rings is 1. The SMILES string of the molecule is CC1(C)CC(=O)c2c(C(F)(F)F)nn(-c3ccc(C(N)=O)c(NC4CNCC(C(=O)OC(C)(C)C)C4)c3)c2C1. The largest absolute Gasteiger partial charge is 0.460 e. The van der Waals surface area contributed by atoms with E-state index in [2.05, 4.69) is 15.7 Å². The number of piperidine rings is 1. The highest BCUT2D eigenvalue weighted by atomic mass is 19.4. The van der Waals surface area contributed by atoms with Crippen molar-refractivity contribution in [2.75, 3.05) is 18.4 Å². The number of hydrogen-bond acceptors (Lipinski definition) is 7. The maximum atomic E-state index is 13.9. The van der Waals surface area contributed by atoms with Gasteiger partial charge in [0.05, 0.1) is 28.4 Å². The Morgan fingerprint density at radius 2 is 1.87 bits per heavy atom. The van der Waals surface area contributed by atoms with Crippen molar-refractivity contribution in [3.63, 3.8) is 0 Å². The molecule has 39 heavy (non-hydrogen) atoms. The summed E-state index contributed by atoms with van der Waals surface area (Å²) in [4.78, 5) is 37.6. The summed E-state index contributed by atoms with van der Waals surface area (Å²) in [6.45, 7) is 9.90. The monoisotopic (exact) mass is 549 g/mol. The van der Waals surface area contributed by atoms with Gasteiger partial charge in [-0.25, -0.2) is 4.68 Å². The normalized spacial score (nSPS) is 21.3. The van der Waals surface area contributed by atoms with Crippen LogP contribution in [0.4, 0.5) is 18.9 Å². The molecule has 0 spiro atoms. The summed E-state index contributed by atoms with van der Waals surface area (Å²) in [6.07, 6.45) is -4.22. The third-order valence-corrected chi connectivity index (χ3v) is 6.78. The van der Waals surface area contributed by atoms with Gasteiger partial charge in [-0.1, -0.05) is 13.8 Å². The van der Waals surface area contributed by atoms with E-state index < -0.39 is 46.1 Å². The summed E-state index contributed by atoms with van der Waals surface area (Å²) in [5, 5.41) is 10.2. The van der Waals surface area contributed by atoms with Crippen LogP contribution in [0.3, 0.4) is 0 Å². The number of hydrogen-bond donors (Lipinski definition) is 3. The second-order valence-electron chi connectivity index (χ2n) is 12.1. The van der Waals surface area contributed by atoms with E-state index in [4.69, 9.17) is 10.5 Å². The maximum Gasteiger partial charge on any atom is 0.435 e. The molecule has 1 aromatic heterocycles. The first-order valence-corrected chi connectivity index (χ1v) is 12.8. The maximum absolute atomic E-state index is 13.9. The molecule has 4 rings (SSSR count). The molecule has 2 aromatic rings. The predicted molar refractivity (Wildman–Crippen MR) is 138 cm³/mol. The molecule has 4 N–H and O–H groups in total. The number of carbonyl (C=O) groups is 3.